The fourth-order valence-corrected chi connectivity index (χ4v) is 2.36. The van der Waals surface area contributed by atoms with Crippen LogP contribution in [0.4, 0.5) is 4.39 Å². The molecular weight excluding hydrogens is 279 g/mol. The number of hydrogen-bond acceptors (Lipinski definition) is 3. The van der Waals surface area contributed by atoms with Crippen LogP contribution in [0.1, 0.15) is 10.4 Å². The Kier molecular flexibility index (Phi) is 5.01. The maximum atomic E-state index is 13.2. The molecule has 2 rings (SSSR count). The van der Waals surface area contributed by atoms with E-state index < -0.39 is 11.8 Å². The third-order valence-electron chi connectivity index (χ3n) is 2.53. The molecule has 0 spiro atoms. The molecule has 1 N–H and O–H groups in total. The molecule has 0 aliphatic heterocycles. The molecule has 5 heteroatoms. The van der Waals surface area contributed by atoms with Gasteiger partial charge in [-0.3, -0.25) is 0 Å². The van der Waals surface area contributed by atoms with Gasteiger partial charge in [-0.25, -0.2) is 9.18 Å². The van der Waals surface area contributed by atoms with Crippen LogP contribution in [0.2, 0.25) is 0 Å². The summed E-state index contributed by atoms with van der Waals surface area (Å²) in [6, 6.07) is 13.5. The number of rotatable bonds is 6. The third kappa shape index (κ3) is 3.99. The van der Waals surface area contributed by atoms with Crippen molar-refractivity contribution in [3.05, 3.63) is 59.9 Å². The summed E-state index contributed by atoms with van der Waals surface area (Å²) in [6.45, 7) is 0.495. The zero-order valence-electron chi connectivity index (χ0n) is 10.6. The second kappa shape index (κ2) is 6.96. The smallest absolute Gasteiger partial charge is 0.338 e. The number of para-hydroxylation sites is 1. The zero-order valence-corrected chi connectivity index (χ0v) is 11.4. The lowest BCUT2D eigenvalue weighted by Crippen LogP contribution is -2.02. The van der Waals surface area contributed by atoms with Crippen LogP contribution in [0.3, 0.4) is 0 Å². The normalized spacial score (nSPS) is 10.2. The highest BCUT2D eigenvalue weighted by Crippen LogP contribution is 2.21. The van der Waals surface area contributed by atoms with Crippen LogP contribution in [0, 0.1) is 5.82 Å². The Bertz CT molecular complexity index is 587. The average molecular weight is 292 g/mol. The van der Waals surface area contributed by atoms with Gasteiger partial charge in [-0.1, -0.05) is 18.2 Å². The van der Waals surface area contributed by atoms with Gasteiger partial charge < -0.3 is 9.84 Å². The standard InChI is InChI=1S/C15H13FO3S/c16-14-7-6-12(10-13(14)15(17)18)20-9-8-19-11-4-2-1-3-5-11/h1-7,10H,8-9H2,(H,17,18). The lowest BCUT2D eigenvalue weighted by molar-refractivity contribution is 0.0691. The van der Waals surface area contributed by atoms with Gasteiger partial charge in [0, 0.05) is 10.6 Å². The van der Waals surface area contributed by atoms with Gasteiger partial charge in [0.1, 0.15) is 11.6 Å². The number of carbonyl (C=O) groups is 1. The average Bonchev–Trinajstić information content (AvgIpc) is 2.46. The van der Waals surface area contributed by atoms with Gasteiger partial charge in [0.25, 0.3) is 0 Å². The number of halogens is 1. The quantitative estimate of drug-likeness (QED) is 0.651. The van der Waals surface area contributed by atoms with Crippen LogP contribution in [-0.2, 0) is 0 Å². The first-order valence-corrected chi connectivity index (χ1v) is 6.99. The predicted octanol–water partition coefficient (Wildman–Crippen LogP) is 3.70. The van der Waals surface area contributed by atoms with Crippen molar-refractivity contribution in [3.63, 3.8) is 0 Å². The van der Waals surface area contributed by atoms with Gasteiger partial charge in [-0.05, 0) is 30.3 Å². The summed E-state index contributed by atoms with van der Waals surface area (Å²) in [4.78, 5) is 11.5. The highest BCUT2D eigenvalue weighted by Gasteiger charge is 2.10. The lowest BCUT2D eigenvalue weighted by atomic mass is 10.2. The molecule has 2 aromatic carbocycles. The second-order valence-electron chi connectivity index (χ2n) is 3.96. The zero-order chi connectivity index (χ0) is 14.4. The van der Waals surface area contributed by atoms with Crippen LogP contribution in [0.15, 0.2) is 53.4 Å². The monoisotopic (exact) mass is 292 g/mol. The Hall–Kier alpha value is -2.01. The molecule has 0 bridgehead atoms. The molecule has 0 atom stereocenters. The van der Waals surface area contributed by atoms with E-state index in [1.807, 2.05) is 30.3 Å². The first kappa shape index (κ1) is 14.4. The fourth-order valence-electron chi connectivity index (χ4n) is 1.59. The van der Waals surface area contributed by atoms with Crippen molar-refractivity contribution in [2.75, 3.05) is 12.4 Å². The molecule has 0 saturated heterocycles. The lowest BCUT2D eigenvalue weighted by Gasteiger charge is -2.06. The van der Waals surface area contributed by atoms with Gasteiger partial charge in [0.05, 0.1) is 12.2 Å². The molecule has 2 aromatic rings. The number of aromatic carboxylic acids is 1. The molecule has 20 heavy (non-hydrogen) atoms. The molecule has 0 radical (unpaired) electrons. The van der Waals surface area contributed by atoms with Crippen LogP contribution >= 0.6 is 11.8 Å². The largest absolute Gasteiger partial charge is 0.493 e. The van der Waals surface area contributed by atoms with E-state index in [2.05, 4.69) is 0 Å². The maximum absolute atomic E-state index is 13.2. The number of carboxylic acids is 1. The Morgan fingerprint density at radius 1 is 1.20 bits per heavy atom. The van der Waals surface area contributed by atoms with Crippen molar-refractivity contribution in [3.8, 4) is 5.75 Å². The molecule has 0 saturated carbocycles. The minimum Gasteiger partial charge on any atom is -0.493 e. The second-order valence-corrected chi connectivity index (χ2v) is 5.13. The maximum Gasteiger partial charge on any atom is 0.338 e. The van der Waals surface area contributed by atoms with Crippen molar-refractivity contribution in [2.45, 2.75) is 4.90 Å². The van der Waals surface area contributed by atoms with Crippen molar-refractivity contribution in [2.24, 2.45) is 0 Å². The minimum absolute atomic E-state index is 0.307. The van der Waals surface area contributed by atoms with Crippen LogP contribution in [0.25, 0.3) is 0 Å². The summed E-state index contributed by atoms with van der Waals surface area (Å²) >= 11 is 1.42. The van der Waals surface area contributed by atoms with Crippen molar-refractivity contribution in [1.29, 1.82) is 0 Å². The predicted molar refractivity (Wildman–Crippen MR) is 76.0 cm³/mol. The SMILES string of the molecule is O=C(O)c1cc(SCCOc2ccccc2)ccc1F. The van der Waals surface area contributed by atoms with Crippen LogP contribution in [-0.4, -0.2) is 23.4 Å². The highest BCUT2D eigenvalue weighted by molar-refractivity contribution is 7.99. The summed E-state index contributed by atoms with van der Waals surface area (Å²) < 4.78 is 18.7. The third-order valence-corrected chi connectivity index (χ3v) is 3.49. The highest BCUT2D eigenvalue weighted by atomic mass is 32.2. The molecule has 0 aliphatic rings. The number of thioether (sulfide) groups is 1. The van der Waals surface area contributed by atoms with E-state index >= 15 is 0 Å². The number of hydrogen-bond donors (Lipinski definition) is 1. The molecular formula is C15H13FO3S. The topological polar surface area (TPSA) is 46.5 Å². The molecule has 0 aliphatic carbocycles. The fraction of sp³-hybridized carbons (Fsp3) is 0.133. The molecule has 104 valence electrons. The minimum atomic E-state index is -1.26. The summed E-state index contributed by atoms with van der Waals surface area (Å²) in [6.07, 6.45) is 0. The van der Waals surface area contributed by atoms with E-state index in [0.717, 1.165) is 5.75 Å². The summed E-state index contributed by atoms with van der Waals surface area (Å²) in [5.41, 5.74) is -0.307. The summed E-state index contributed by atoms with van der Waals surface area (Å²) in [7, 11) is 0. The summed E-state index contributed by atoms with van der Waals surface area (Å²) in [5.74, 6) is -0.536. The molecule has 0 fully saturated rings. The van der Waals surface area contributed by atoms with Crippen molar-refractivity contribution < 1.29 is 19.0 Å². The molecule has 0 aromatic heterocycles. The van der Waals surface area contributed by atoms with E-state index in [0.29, 0.717) is 17.3 Å². The number of ether oxygens (including phenoxy) is 1. The van der Waals surface area contributed by atoms with Gasteiger partial charge >= 0.3 is 5.97 Å². The van der Waals surface area contributed by atoms with E-state index in [1.165, 1.54) is 23.9 Å². The van der Waals surface area contributed by atoms with Gasteiger partial charge in [-0.2, -0.15) is 0 Å². The van der Waals surface area contributed by atoms with Crippen molar-refractivity contribution in [1.82, 2.24) is 0 Å². The first-order chi connectivity index (χ1) is 9.66. The van der Waals surface area contributed by atoms with E-state index in [9.17, 15) is 9.18 Å². The number of benzene rings is 2. The van der Waals surface area contributed by atoms with Gasteiger partial charge in [0.15, 0.2) is 0 Å². The van der Waals surface area contributed by atoms with E-state index in [4.69, 9.17) is 9.84 Å². The Labute approximate surface area is 120 Å². The molecule has 0 unspecified atom stereocenters. The van der Waals surface area contributed by atoms with Gasteiger partial charge in [-0.15, -0.1) is 11.8 Å². The van der Waals surface area contributed by atoms with Gasteiger partial charge in [0.2, 0.25) is 0 Å². The Morgan fingerprint density at radius 3 is 2.65 bits per heavy atom. The van der Waals surface area contributed by atoms with E-state index in [-0.39, 0.29) is 5.56 Å². The first-order valence-electron chi connectivity index (χ1n) is 6.00. The van der Waals surface area contributed by atoms with Crippen LogP contribution < -0.4 is 4.74 Å². The summed E-state index contributed by atoms with van der Waals surface area (Å²) in [5, 5.41) is 8.84. The van der Waals surface area contributed by atoms with Crippen LogP contribution in [0.5, 0.6) is 5.75 Å². The number of carboxylic acid groups (broad SMARTS) is 1. The Morgan fingerprint density at radius 2 is 1.95 bits per heavy atom. The molecule has 0 heterocycles. The molecule has 0 amide bonds. The van der Waals surface area contributed by atoms with E-state index in [1.54, 1.807) is 6.07 Å². The van der Waals surface area contributed by atoms with Crippen molar-refractivity contribution >= 4 is 17.7 Å². The Balaban J connectivity index is 1.85. The molecule has 3 nitrogen and oxygen atoms in total.